The molecular formula is C10H11ClN2O3. The summed E-state index contributed by atoms with van der Waals surface area (Å²) >= 11 is 5.51. The number of hydrogen-bond donors (Lipinski definition) is 0. The summed E-state index contributed by atoms with van der Waals surface area (Å²) in [6, 6.07) is 5.63. The van der Waals surface area contributed by atoms with Crippen molar-refractivity contribution < 1.29 is 9.72 Å². The van der Waals surface area contributed by atoms with Crippen LogP contribution in [0.4, 0.5) is 5.69 Å². The fourth-order valence-electron chi connectivity index (χ4n) is 1.20. The molecule has 86 valence electrons. The van der Waals surface area contributed by atoms with Crippen LogP contribution in [-0.4, -0.2) is 35.2 Å². The van der Waals surface area contributed by atoms with E-state index in [1.165, 1.54) is 23.1 Å². The van der Waals surface area contributed by atoms with Gasteiger partial charge in [0.15, 0.2) is 0 Å². The van der Waals surface area contributed by atoms with Gasteiger partial charge >= 0.3 is 0 Å². The number of alkyl halides is 1. The Labute approximate surface area is 97.8 Å². The number of nitrogens with zero attached hydrogens (tertiary/aromatic N) is 2. The maximum absolute atomic E-state index is 11.8. The Morgan fingerprint density at radius 2 is 2.25 bits per heavy atom. The normalized spacial score (nSPS) is 9.88. The highest BCUT2D eigenvalue weighted by Gasteiger charge is 2.14. The van der Waals surface area contributed by atoms with Crippen molar-refractivity contribution in [1.82, 2.24) is 4.90 Å². The van der Waals surface area contributed by atoms with Crippen LogP contribution >= 0.6 is 11.6 Å². The summed E-state index contributed by atoms with van der Waals surface area (Å²) in [6.45, 7) is 0.406. The average molecular weight is 243 g/mol. The molecule has 0 atom stereocenters. The third-order valence-electron chi connectivity index (χ3n) is 2.07. The number of nitro benzene ring substituents is 1. The molecule has 0 aliphatic carbocycles. The number of rotatable bonds is 4. The molecule has 1 rings (SSSR count). The first-order chi connectivity index (χ1) is 7.56. The predicted molar refractivity (Wildman–Crippen MR) is 60.8 cm³/mol. The zero-order valence-electron chi connectivity index (χ0n) is 8.72. The molecule has 0 aromatic heterocycles. The summed E-state index contributed by atoms with van der Waals surface area (Å²) < 4.78 is 0. The molecule has 0 N–H and O–H groups in total. The van der Waals surface area contributed by atoms with E-state index in [1.54, 1.807) is 13.1 Å². The molecule has 0 bridgehead atoms. The Hall–Kier alpha value is -1.62. The minimum atomic E-state index is -0.529. The highest BCUT2D eigenvalue weighted by atomic mass is 35.5. The van der Waals surface area contributed by atoms with Crippen LogP contribution in [0, 0.1) is 10.1 Å². The van der Waals surface area contributed by atoms with Crippen LogP contribution in [0.15, 0.2) is 24.3 Å². The third kappa shape index (κ3) is 2.93. The Morgan fingerprint density at radius 1 is 1.56 bits per heavy atom. The first-order valence-corrected chi connectivity index (χ1v) is 5.15. The monoisotopic (exact) mass is 242 g/mol. The second kappa shape index (κ2) is 5.46. The lowest BCUT2D eigenvalue weighted by Crippen LogP contribution is -2.28. The summed E-state index contributed by atoms with van der Waals surface area (Å²) in [5, 5.41) is 10.5. The molecule has 0 aliphatic heterocycles. The van der Waals surface area contributed by atoms with Crippen LogP contribution in [-0.2, 0) is 0 Å². The zero-order valence-corrected chi connectivity index (χ0v) is 9.48. The van der Waals surface area contributed by atoms with E-state index in [0.29, 0.717) is 18.0 Å². The Balaban J connectivity index is 2.91. The molecule has 6 heteroatoms. The number of halogens is 1. The number of amides is 1. The van der Waals surface area contributed by atoms with E-state index in [4.69, 9.17) is 11.6 Å². The highest BCUT2D eigenvalue weighted by molar-refractivity contribution is 6.18. The summed E-state index contributed by atoms with van der Waals surface area (Å²) in [5.41, 5.74) is 0.201. The molecule has 1 amide bonds. The lowest BCUT2D eigenvalue weighted by Gasteiger charge is -2.15. The fraction of sp³-hybridized carbons (Fsp3) is 0.300. The van der Waals surface area contributed by atoms with Crippen molar-refractivity contribution in [3.63, 3.8) is 0 Å². The largest absolute Gasteiger partial charge is 0.341 e. The number of carbonyl (C=O) groups is 1. The topological polar surface area (TPSA) is 63.5 Å². The molecule has 0 aliphatic rings. The van der Waals surface area contributed by atoms with Gasteiger partial charge in [-0.2, -0.15) is 0 Å². The molecule has 5 nitrogen and oxygen atoms in total. The Bertz CT molecular complexity index is 409. The number of carbonyl (C=O) groups excluding carboxylic acids is 1. The maximum atomic E-state index is 11.8. The second-order valence-corrected chi connectivity index (χ2v) is 3.60. The van der Waals surface area contributed by atoms with Crippen LogP contribution < -0.4 is 0 Å². The van der Waals surface area contributed by atoms with Gasteiger partial charge in [-0.15, -0.1) is 11.6 Å². The van der Waals surface area contributed by atoms with E-state index < -0.39 is 4.92 Å². The van der Waals surface area contributed by atoms with E-state index >= 15 is 0 Å². The lowest BCUT2D eigenvalue weighted by molar-refractivity contribution is -0.384. The molecule has 1 aromatic carbocycles. The van der Waals surface area contributed by atoms with Crippen LogP contribution in [0.25, 0.3) is 0 Å². The van der Waals surface area contributed by atoms with Crippen LogP contribution in [0.3, 0.4) is 0 Å². The summed E-state index contributed by atoms with van der Waals surface area (Å²) in [6.07, 6.45) is 0. The minimum Gasteiger partial charge on any atom is -0.341 e. The quantitative estimate of drug-likeness (QED) is 0.460. The number of benzene rings is 1. The van der Waals surface area contributed by atoms with Crippen LogP contribution in [0.5, 0.6) is 0 Å². The second-order valence-electron chi connectivity index (χ2n) is 3.22. The summed E-state index contributed by atoms with van der Waals surface area (Å²) in [7, 11) is 1.60. The summed E-state index contributed by atoms with van der Waals surface area (Å²) in [4.78, 5) is 23.2. The van der Waals surface area contributed by atoms with Gasteiger partial charge in [-0.05, 0) is 6.07 Å². The molecule has 0 spiro atoms. The van der Waals surface area contributed by atoms with E-state index in [2.05, 4.69) is 0 Å². The van der Waals surface area contributed by atoms with Gasteiger partial charge in [-0.3, -0.25) is 14.9 Å². The third-order valence-corrected chi connectivity index (χ3v) is 2.24. The van der Waals surface area contributed by atoms with Crippen molar-refractivity contribution in [2.75, 3.05) is 19.5 Å². The zero-order chi connectivity index (χ0) is 12.1. The van der Waals surface area contributed by atoms with Gasteiger partial charge in [0, 0.05) is 37.2 Å². The molecule has 0 radical (unpaired) electrons. The van der Waals surface area contributed by atoms with Gasteiger partial charge in [0.25, 0.3) is 11.6 Å². The molecule has 0 heterocycles. The standard InChI is InChI=1S/C10H11ClN2O3/c1-12(6-5-11)10(14)8-3-2-4-9(7-8)13(15)16/h2-4,7H,5-6H2,1H3. The average Bonchev–Trinajstić information content (AvgIpc) is 2.28. The van der Waals surface area contributed by atoms with E-state index in [9.17, 15) is 14.9 Å². The molecule has 0 fully saturated rings. The molecule has 1 aromatic rings. The SMILES string of the molecule is CN(CCCl)C(=O)c1cccc([N+](=O)[O-])c1. The van der Waals surface area contributed by atoms with E-state index in [1.807, 2.05) is 0 Å². The molecule has 0 saturated heterocycles. The maximum Gasteiger partial charge on any atom is 0.270 e. The van der Waals surface area contributed by atoms with Crippen molar-refractivity contribution >= 4 is 23.2 Å². The van der Waals surface area contributed by atoms with E-state index in [0.717, 1.165) is 0 Å². The first-order valence-electron chi connectivity index (χ1n) is 4.62. The van der Waals surface area contributed by atoms with Gasteiger partial charge in [-0.25, -0.2) is 0 Å². The van der Waals surface area contributed by atoms with Crippen molar-refractivity contribution in [2.24, 2.45) is 0 Å². The fourth-order valence-corrected chi connectivity index (χ4v) is 1.45. The van der Waals surface area contributed by atoms with Crippen LogP contribution in [0.1, 0.15) is 10.4 Å². The Kier molecular flexibility index (Phi) is 4.25. The highest BCUT2D eigenvalue weighted by Crippen LogP contribution is 2.14. The first kappa shape index (κ1) is 12.4. The van der Waals surface area contributed by atoms with Crippen molar-refractivity contribution in [3.8, 4) is 0 Å². The molecule has 0 saturated carbocycles. The number of nitro groups is 1. The van der Waals surface area contributed by atoms with Gasteiger partial charge in [0.2, 0.25) is 0 Å². The van der Waals surface area contributed by atoms with E-state index in [-0.39, 0.29) is 11.6 Å². The van der Waals surface area contributed by atoms with Gasteiger partial charge in [0.05, 0.1) is 4.92 Å². The molecule has 0 unspecified atom stereocenters. The molecular weight excluding hydrogens is 232 g/mol. The lowest BCUT2D eigenvalue weighted by atomic mass is 10.2. The van der Waals surface area contributed by atoms with Gasteiger partial charge < -0.3 is 4.90 Å². The molecule has 16 heavy (non-hydrogen) atoms. The van der Waals surface area contributed by atoms with Gasteiger partial charge in [0.1, 0.15) is 0 Å². The smallest absolute Gasteiger partial charge is 0.270 e. The summed E-state index contributed by atoms with van der Waals surface area (Å²) in [5.74, 6) is 0.0568. The van der Waals surface area contributed by atoms with Crippen LogP contribution in [0.2, 0.25) is 0 Å². The van der Waals surface area contributed by atoms with Gasteiger partial charge in [-0.1, -0.05) is 6.07 Å². The number of hydrogen-bond acceptors (Lipinski definition) is 3. The van der Waals surface area contributed by atoms with Crippen molar-refractivity contribution in [2.45, 2.75) is 0 Å². The van der Waals surface area contributed by atoms with Crippen molar-refractivity contribution in [3.05, 3.63) is 39.9 Å². The minimum absolute atomic E-state index is 0.0925. The Morgan fingerprint density at radius 3 is 2.81 bits per heavy atom. The predicted octanol–water partition coefficient (Wildman–Crippen LogP) is 1.91. The number of non-ortho nitro benzene ring substituents is 1. The van der Waals surface area contributed by atoms with Crippen molar-refractivity contribution in [1.29, 1.82) is 0 Å².